The Morgan fingerprint density at radius 3 is 2.67 bits per heavy atom. The Balaban J connectivity index is 2.34. The molecule has 1 aliphatic rings. The lowest BCUT2D eigenvalue weighted by atomic mass is 9.79. The van der Waals surface area contributed by atoms with E-state index in [0.29, 0.717) is 18.4 Å². The van der Waals surface area contributed by atoms with Crippen LogP contribution in [0.4, 0.5) is 0 Å². The second kappa shape index (κ2) is 6.47. The molecule has 2 unspecified atom stereocenters. The van der Waals surface area contributed by atoms with E-state index in [1.165, 1.54) is 12.8 Å². The van der Waals surface area contributed by atoms with Crippen molar-refractivity contribution in [3.05, 3.63) is 0 Å². The molecule has 3 nitrogen and oxygen atoms in total. The first kappa shape index (κ1) is 12.1. The van der Waals surface area contributed by atoms with Gasteiger partial charge < -0.3 is 10.4 Å². The second-order valence-electron chi connectivity index (χ2n) is 4.07. The molecule has 0 heterocycles. The molecule has 1 rings (SSSR count). The number of carbonyl (C=O) groups excluding carboxylic acids is 1. The molecule has 84 valence electrons. The topological polar surface area (TPSA) is 49.3 Å². The largest absolute Gasteiger partial charge is 0.396 e. The van der Waals surface area contributed by atoms with Gasteiger partial charge in [0.05, 0.1) is 0 Å². The van der Waals surface area contributed by atoms with E-state index in [1.807, 2.05) is 0 Å². The molecule has 0 aromatic carbocycles. The molecule has 2 N–H and O–H groups in total. The van der Waals surface area contributed by atoms with Gasteiger partial charge in [0.1, 0.15) is 0 Å². The van der Waals surface area contributed by atoms with Crippen LogP contribution in [0, 0.1) is 23.7 Å². The van der Waals surface area contributed by atoms with E-state index in [2.05, 4.69) is 17.2 Å². The SMILES string of the molecule is CC#CC(=O)NCC1CCCCC1CO. The monoisotopic (exact) mass is 209 g/mol. The fraction of sp³-hybridized carbons (Fsp3) is 0.750. The quantitative estimate of drug-likeness (QED) is 0.679. The van der Waals surface area contributed by atoms with Gasteiger partial charge in [-0.1, -0.05) is 18.8 Å². The molecule has 2 atom stereocenters. The fourth-order valence-electron chi connectivity index (χ4n) is 2.18. The van der Waals surface area contributed by atoms with Gasteiger partial charge in [-0.25, -0.2) is 0 Å². The highest BCUT2D eigenvalue weighted by Crippen LogP contribution is 2.28. The second-order valence-corrected chi connectivity index (χ2v) is 4.07. The summed E-state index contributed by atoms with van der Waals surface area (Å²) in [7, 11) is 0. The first-order valence-electron chi connectivity index (χ1n) is 5.59. The lowest BCUT2D eigenvalue weighted by molar-refractivity contribution is -0.116. The Morgan fingerprint density at radius 2 is 2.07 bits per heavy atom. The molecule has 1 amide bonds. The summed E-state index contributed by atoms with van der Waals surface area (Å²) in [5.41, 5.74) is 0. The van der Waals surface area contributed by atoms with Crippen molar-refractivity contribution in [2.45, 2.75) is 32.6 Å². The van der Waals surface area contributed by atoms with E-state index in [-0.39, 0.29) is 12.5 Å². The minimum absolute atomic E-state index is 0.209. The Bertz CT molecular complexity index is 265. The van der Waals surface area contributed by atoms with Crippen molar-refractivity contribution < 1.29 is 9.90 Å². The van der Waals surface area contributed by atoms with Crippen molar-refractivity contribution in [1.82, 2.24) is 5.32 Å². The molecule has 0 aromatic rings. The highest BCUT2D eigenvalue weighted by molar-refractivity contribution is 5.93. The molecule has 0 bridgehead atoms. The number of aliphatic hydroxyl groups is 1. The van der Waals surface area contributed by atoms with E-state index in [1.54, 1.807) is 6.92 Å². The molecule has 1 aliphatic carbocycles. The summed E-state index contributed by atoms with van der Waals surface area (Å²) in [5, 5.41) is 12.0. The summed E-state index contributed by atoms with van der Waals surface area (Å²) in [5.74, 6) is 5.59. The van der Waals surface area contributed by atoms with Crippen LogP contribution in [0.2, 0.25) is 0 Å². The highest BCUT2D eigenvalue weighted by atomic mass is 16.3. The van der Waals surface area contributed by atoms with E-state index in [9.17, 15) is 9.90 Å². The summed E-state index contributed by atoms with van der Waals surface area (Å²) in [6.45, 7) is 2.54. The lowest BCUT2D eigenvalue weighted by Gasteiger charge is -2.29. The van der Waals surface area contributed by atoms with Gasteiger partial charge >= 0.3 is 0 Å². The van der Waals surface area contributed by atoms with E-state index >= 15 is 0 Å². The van der Waals surface area contributed by atoms with Gasteiger partial charge in [-0.3, -0.25) is 4.79 Å². The molecule has 15 heavy (non-hydrogen) atoms. The van der Waals surface area contributed by atoms with Crippen molar-refractivity contribution >= 4 is 5.91 Å². The van der Waals surface area contributed by atoms with Crippen LogP contribution in [0.1, 0.15) is 32.6 Å². The van der Waals surface area contributed by atoms with Crippen molar-refractivity contribution in [2.75, 3.05) is 13.2 Å². The fourth-order valence-corrected chi connectivity index (χ4v) is 2.18. The minimum Gasteiger partial charge on any atom is -0.396 e. The van der Waals surface area contributed by atoms with Gasteiger partial charge in [0.15, 0.2) is 0 Å². The minimum atomic E-state index is -0.209. The summed E-state index contributed by atoms with van der Waals surface area (Å²) < 4.78 is 0. The summed E-state index contributed by atoms with van der Waals surface area (Å²) in [6, 6.07) is 0. The third-order valence-electron chi connectivity index (χ3n) is 3.06. The average Bonchev–Trinajstić information content (AvgIpc) is 2.27. The van der Waals surface area contributed by atoms with Crippen LogP contribution in [0.25, 0.3) is 0 Å². The van der Waals surface area contributed by atoms with Crippen LogP contribution in [0.5, 0.6) is 0 Å². The molecule has 0 spiro atoms. The number of amides is 1. The number of carbonyl (C=O) groups is 1. The zero-order valence-corrected chi connectivity index (χ0v) is 9.25. The van der Waals surface area contributed by atoms with E-state index < -0.39 is 0 Å². The Labute approximate surface area is 91.3 Å². The maximum absolute atomic E-state index is 11.1. The Hall–Kier alpha value is -1.01. The van der Waals surface area contributed by atoms with Gasteiger partial charge in [0, 0.05) is 13.2 Å². The predicted octanol–water partition coefficient (Wildman–Crippen LogP) is 0.925. The van der Waals surface area contributed by atoms with Gasteiger partial charge in [0.2, 0.25) is 0 Å². The molecular formula is C12H19NO2. The van der Waals surface area contributed by atoms with Crippen LogP contribution in [0.15, 0.2) is 0 Å². The third kappa shape index (κ3) is 3.93. The Morgan fingerprint density at radius 1 is 1.40 bits per heavy atom. The van der Waals surface area contributed by atoms with Crippen LogP contribution in [-0.4, -0.2) is 24.2 Å². The smallest absolute Gasteiger partial charge is 0.295 e. The Kier molecular flexibility index (Phi) is 5.20. The average molecular weight is 209 g/mol. The number of hydrogen-bond donors (Lipinski definition) is 2. The summed E-state index contributed by atoms with van der Waals surface area (Å²) in [6.07, 6.45) is 4.59. The standard InChI is InChI=1S/C12H19NO2/c1-2-5-12(15)13-8-10-6-3-4-7-11(10)9-14/h10-11,14H,3-4,6-9H2,1H3,(H,13,15). The van der Waals surface area contributed by atoms with E-state index in [0.717, 1.165) is 12.8 Å². The van der Waals surface area contributed by atoms with Gasteiger partial charge in [-0.2, -0.15) is 0 Å². The molecule has 1 fully saturated rings. The maximum atomic E-state index is 11.1. The van der Waals surface area contributed by atoms with Crippen LogP contribution >= 0.6 is 0 Å². The molecule has 0 saturated heterocycles. The lowest BCUT2D eigenvalue weighted by Crippen LogP contribution is -2.34. The predicted molar refractivity (Wildman–Crippen MR) is 59.0 cm³/mol. The zero-order valence-electron chi connectivity index (χ0n) is 9.25. The molecule has 0 aliphatic heterocycles. The molecule has 3 heteroatoms. The molecule has 1 saturated carbocycles. The van der Waals surface area contributed by atoms with Crippen molar-refractivity contribution in [3.8, 4) is 11.8 Å². The van der Waals surface area contributed by atoms with Crippen LogP contribution < -0.4 is 5.32 Å². The van der Waals surface area contributed by atoms with Gasteiger partial charge in [0.25, 0.3) is 5.91 Å². The van der Waals surface area contributed by atoms with Gasteiger partial charge in [-0.05, 0) is 37.5 Å². The van der Waals surface area contributed by atoms with E-state index in [4.69, 9.17) is 0 Å². The molecule has 0 radical (unpaired) electrons. The van der Waals surface area contributed by atoms with Crippen molar-refractivity contribution in [3.63, 3.8) is 0 Å². The molecular weight excluding hydrogens is 190 g/mol. The third-order valence-corrected chi connectivity index (χ3v) is 3.06. The summed E-state index contributed by atoms with van der Waals surface area (Å²) >= 11 is 0. The number of aliphatic hydroxyl groups excluding tert-OH is 1. The molecule has 0 aromatic heterocycles. The summed E-state index contributed by atoms with van der Waals surface area (Å²) in [4.78, 5) is 11.1. The first-order chi connectivity index (χ1) is 7.27. The van der Waals surface area contributed by atoms with Crippen molar-refractivity contribution in [2.24, 2.45) is 11.8 Å². The van der Waals surface area contributed by atoms with Crippen LogP contribution in [-0.2, 0) is 4.79 Å². The van der Waals surface area contributed by atoms with Crippen LogP contribution in [0.3, 0.4) is 0 Å². The highest BCUT2D eigenvalue weighted by Gasteiger charge is 2.24. The normalized spacial score (nSPS) is 25.2. The number of rotatable bonds is 3. The van der Waals surface area contributed by atoms with Gasteiger partial charge in [-0.15, -0.1) is 0 Å². The number of hydrogen-bond acceptors (Lipinski definition) is 2. The first-order valence-corrected chi connectivity index (χ1v) is 5.59. The zero-order chi connectivity index (χ0) is 11.1. The number of nitrogens with one attached hydrogen (secondary N) is 1. The maximum Gasteiger partial charge on any atom is 0.295 e. The van der Waals surface area contributed by atoms with Crippen molar-refractivity contribution in [1.29, 1.82) is 0 Å².